The second-order valence-corrected chi connectivity index (χ2v) is 8.75. The third kappa shape index (κ3) is 4.82. The minimum atomic E-state index is -4.43. The van der Waals surface area contributed by atoms with Crippen molar-refractivity contribution < 1.29 is 35.9 Å². The smallest absolute Gasteiger partial charge is 0.416 e. The van der Waals surface area contributed by atoms with Crippen molar-refractivity contribution in [3.05, 3.63) is 65.2 Å². The molecule has 178 valence electrons. The molecular formula is C24H23F6NO2. The molecule has 1 saturated carbocycles. The van der Waals surface area contributed by atoms with E-state index < -0.39 is 28.9 Å². The van der Waals surface area contributed by atoms with Crippen LogP contribution < -0.4 is 4.74 Å². The second-order valence-electron chi connectivity index (χ2n) is 8.75. The molecular weight excluding hydrogens is 448 g/mol. The highest BCUT2D eigenvalue weighted by molar-refractivity contribution is 5.89. The Labute approximate surface area is 187 Å². The summed E-state index contributed by atoms with van der Waals surface area (Å²) in [6.45, 7) is 1.23. The van der Waals surface area contributed by atoms with E-state index in [1.165, 1.54) is 24.3 Å². The van der Waals surface area contributed by atoms with Crippen LogP contribution in [0.2, 0.25) is 0 Å². The van der Waals surface area contributed by atoms with Crippen LogP contribution in [-0.2, 0) is 22.6 Å². The zero-order chi connectivity index (χ0) is 23.9. The van der Waals surface area contributed by atoms with E-state index >= 15 is 0 Å². The molecule has 0 N–H and O–H groups in total. The van der Waals surface area contributed by atoms with E-state index in [4.69, 9.17) is 4.74 Å². The summed E-state index contributed by atoms with van der Waals surface area (Å²) in [5.41, 5.74) is -1.67. The maximum atomic E-state index is 13.3. The molecule has 1 heterocycles. The summed E-state index contributed by atoms with van der Waals surface area (Å²) >= 11 is 0. The number of hydrogen-bond donors (Lipinski definition) is 0. The fraction of sp³-hybridized carbons (Fsp3) is 0.458. The van der Waals surface area contributed by atoms with Crippen LogP contribution in [0.3, 0.4) is 0 Å². The molecule has 1 atom stereocenters. The van der Waals surface area contributed by atoms with Crippen molar-refractivity contribution in [1.82, 2.24) is 4.90 Å². The van der Waals surface area contributed by atoms with Gasteiger partial charge < -0.3 is 9.64 Å². The Morgan fingerprint density at radius 1 is 0.909 bits per heavy atom. The number of likely N-dealkylation sites (tertiary alicyclic amines) is 1. The van der Waals surface area contributed by atoms with Crippen LogP contribution in [0.4, 0.5) is 26.3 Å². The van der Waals surface area contributed by atoms with Crippen molar-refractivity contribution in [2.45, 2.75) is 43.5 Å². The minimum absolute atomic E-state index is 0.0287. The molecule has 2 aromatic carbocycles. The largest absolute Gasteiger partial charge is 0.493 e. The summed E-state index contributed by atoms with van der Waals surface area (Å²) in [5, 5.41) is 0. The molecule has 0 bridgehead atoms. The van der Waals surface area contributed by atoms with Crippen LogP contribution >= 0.6 is 0 Å². The number of ether oxygens (including phenoxy) is 1. The molecule has 0 spiro atoms. The molecule has 0 aromatic heterocycles. The molecule has 1 saturated heterocycles. The SMILES string of the molecule is O=C(N1CC[C@H](COc2ccc(C(F)(F)F)cc2)C1)C1(c2ccc(C(F)(F)F)cc2)CCC1. The highest BCUT2D eigenvalue weighted by Crippen LogP contribution is 2.46. The van der Waals surface area contributed by atoms with Crippen LogP contribution in [-0.4, -0.2) is 30.5 Å². The molecule has 1 aliphatic carbocycles. The van der Waals surface area contributed by atoms with Crippen molar-refractivity contribution in [2.75, 3.05) is 19.7 Å². The lowest BCUT2D eigenvalue weighted by molar-refractivity contribution is -0.140. The lowest BCUT2D eigenvalue weighted by Gasteiger charge is -2.43. The number of benzene rings is 2. The summed E-state index contributed by atoms with van der Waals surface area (Å²) in [5.74, 6) is 0.277. The number of alkyl halides is 6. The van der Waals surface area contributed by atoms with E-state index in [2.05, 4.69) is 0 Å². The maximum absolute atomic E-state index is 13.3. The van der Waals surface area contributed by atoms with Crippen molar-refractivity contribution >= 4 is 5.91 Å². The van der Waals surface area contributed by atoms with E-state index in [9.17, 15) is 31.1 Å². The molecule has 0 unspecified atom stereocenters. The van der Waals surface area contributed by atoms with Crippen LogP contribution in [0, 0.1) is 5.92 Å². The highest BCUT2D eigenvalue weighted by Gasteiger charge is 2.49. The summed E-state index contributed by atoms with van der Waals surface area (Å²) in [6, 6.07) is 9.32. The lowest BCUT2D eigenvalue weighted by Crippen LogP contribution is -2.50. The molecule has 4 rings (SSSR count). The van der Waals surface area contributed by atoms with Gasteiger partial charge in [0.1, 0.15) is 5.75 Å². The van der Waals surface area contributed by atoms with Crippen LogP contribution in [0.15, 0.2) is 48.5 Å². The lowest BCUT2D eigenvalue weighted by atomic mass is 9.63. The molecule has 33 heavy (non-hydrogen) atoms. The molecule has 2 aromatic rings. The Morgan fingerprint density at radius 3 is 1.94 bits per heavy atom. The first kappa shape index (κ1) is 23.4. The molecule has 9 heteroatoms. The number of carbonyl (C=O) groups is 1. The van der Waals surface area contributed by atoms with Gasteiger partial charge in [-0.15, -0.1) is 0 Å². The summed E-state index contributed by atoms with van der Waals surface area (Å²) in [7, 11) is 0. The van der Waals surface area contributed by atoms with Gasteiger partial charge in [0, 0.05) is 19.0 Å². The van der Waals surface area contributed by atoms with Crippen molar-refractivity contribution in [3.8, 4) is 5.75 Å². The molecule has 2 fully saturated rings. The predicted octanol–water partition coefficient (Wildman–Crippen LogP) is 6.07. The molecule has 2 aliphatic rings. The standard InChI is InChI=1S/C24H23F6NO2/c25-23(26,27)18-4-2-17(3-5-18)22(11-1-12-22)21(32)31-13-10-16(14-31)15-33-20-8-6-19(7-9-20)24(28,29)30/h2-9,16H,1,10-15H2/t16-/m0/s1. The number of halogens is 6. The monoisotopic (exact) mass is 471 g/mol. The van der Waals surface area contributed by atoms with Gasteiger partial charge in [0.15, 0.2) is 0 Å². The normalized spacial score (nSPS) is 20.4. The minimum Gasteiger partial charge on any atom is -0.493 e. The first-order chi connectivity index (χ1) is 15.5. The average molecular weight is 471 g/mol. The third-order valence-electron chi connectivity index (χ3n) is 6.62. The molecule has 3 nitrogen and oxygen atoms in total. The number of carbonyl (C=O) groups excluding carboxylic acids is 1. The maximum Gasteiger partial charge on any atom is 0.416 e. The topological polar surface area (TPSA) is 29.5 Å². The zero-order valence-electron chi connectivity index (χ0n) is 17.7. The van der Waals surface area contributed by atoms with Gasteiger partial charge in [0.2, 0.25) is 5.91 Å². The Balaban J connectivity index is 1.36. The van der Waals surface area contributed by atoms with Gasteiger partial charge in [0.05, 0.1) is 23.1 Å². The third-order valence-corrected chi connectivity index (χ3v) is 6.62. The van der Waals surface area contributed by atoms with Gasteiger partial charge in [-0.2, -0.15) is 26.3 Å². The van der Waals surface area contributed by atoms with Crippen LogP contribution in [0.5, 0.6) is 5.75 Å². The number of hydrogen-bond acceptors (Lipinski definition) is 2. The van der Waals surface area contributed by atoms with Crippen LogP contribution in [0.1, 0.15) is 42.4 Å². The number of amides is 1. The summed E-state index contributed by atoms with van der Waals surface area (Å²) in [4.78, 5) is 15.1. The van der Waals surface area contributed by atoms with E-state index in [1.807, 2.05) is 0 Å². The van der Waals surface area contributed by atoms with Crippen molar-refractivity contribution in [1.29, 1.82) is 0 Å². The first-order valence-corrected chi connectivity index (χ1v) is 10.8. The predicted molar refractivity (Wildman–Crippen MR) is 109 cm³/mol. The van der Waals surface area contributed by atoms with Gasteiger partial charge in [-0.05, 0) is 61.2 Å². The van der Waals surface area contributed by atoms with Gasteiger partial charge in [-0.1, -0.05) is 18.6 Å². The molecule has 0 radical (unpaired) electrons. The number of nitrogens with zero attached hydrogens (tertiary/aromatic N) is 1. The Morgan fingerprint density at radius 2 is 1.45 bits per heavy atom. The first-order valence-electron chi connectivity index (χ1n) is 10.8. The van der Waals surface area contributed by atoms with Gasteiger partial charge in [0.25, 0.3) is 0 Å². The fourth-order valence-corrected chi connectivity index (χ4v) is 4.54. The molecule has 1 amide bonds. The fourth-order valence-electron chi connectivity index (χ4n) is 4.54. The van der Waals surface area contributed by atoms with Crippen LogP contribution in [0.25, 0.3) is 0 Å². The Bertz CT molecular complexity index is 978. The van der Waals surface area contributed by atoms with Gasteiger partial charge in [-0.25, -0.2) is 0 Å². The van der Waals surface area contributed by atoms with E-state index in [-0.39, 0.29) is 18.4 Å². The van der Waals surface area contributed by atoms with Crippen molar-refractivity contribution in [2.24, 2.45) is 5.92 Å². The van der Waals surface area contributed by atoms with Gasteiger partial charge >= 0.3 is 12.4 Å². The number of rotatable bonds is 5. The Hall–Kier alpha value is -2.71. The zero-order valence-corrected chi connectivity index (χ0v) is 17.7. The second kappa shape index (κ2) is 8.57. The quantitative estimate of drug-likeness (QED) is 0.495. The molecule has 1 aliphatic heterocycles. The van der Waals surface area contributed by atoms with E-state index in [0.717, 1.165) is 30.7 Å². The summed E-state index contributed by atoms with van der Waals surface area (Å²) < 4.78 is 82.3. The van der Waals surface area contributed by atoms with Crippen molar-refractivity contribution in [3.63, 3.8) is 0 Å². The summed E-state index contributed by atoms with van der Waals surface area (Å²) in [6.07, 6.45) is -6.11. The Kier molecular flexibility index (Phi) is 6.09. The van der Waals surface area contributed by atoms with E-state index in [1.54, 1.807) is 4.90 Å². The van der Waals surface area contributed by atoms with E-state index in [0.29, 0.717) is 43.7 Å². The highest BCUT2D eigenvalue weighted by atomic mass is 19.4. The van der Waals surface area contributed by atoms with Gasteiger partial charge in [-0.3, -0.25) is 4.79 Å². The average Bonchev–Trinajstić information content (AvgIpc) is 3.20.